The third kappa shape index (κ3) is 8.11. The molecule has 6 aromatic rings. The van der Waals surface area contributed by atoms with Gasteiger partial charge in [-0.3, -0.25) is 9.59 Å². The van der Waals surface area contributed by atoms with E-state index in [1.807, 2.05) is 81.7 Å². The molecule has 0 unspecified atom stereocenters. The Morgan fingerprint density at radius 2 is 1.70 bits per heavy atom. The van der Waals surface area contributed by atoms with Crippen molar-refractivity contribution in [3.05, 3.63) is 99.3 Å². The minimum atomic E-state index is -0.792. The zero-order valence-corrected chi connectivity index (χ0v) is 36.9. The van der Waals surface area contributed by atoms with Gasteiger partial charge in [0.2, 0.25) is 11.8 Å². The number of hydrogen-bond donors (Lipinski definition) is 3. The topological polar surface area (TPSA) is 158 Å². The van der Waals surface area contributed by atoms with Crippen LogP contribution in [0.25, 0.3) is 31.9 Å². The van der Waals surface area contributed by atoms with E-state index in [4.69, 9.17) is 4.52 Å². The van der Waals surface area contributed by atoms with Gasteiger partial charge in [0.15, 0.2) is 0 Å². The molecular weight excluding hydrogens is 807 g/mol. The zero-order chi connectivity index (χ0) is 42.5. The van der Waals surface area contributed by atoms with Crippen LogP contribution in [0.5, 0.6) is 5.75 Å². The summed E-state index contributed by atoms with van der Waals surface area (Å²) in [6.07, 6.45) is 3.56. The molecule has 318 valence electrons. The van der Waals surface area contributed by atoms with Crippen molar-refractivity contribution in [2.75, 3.05) is 19.6 Å². The second-order valence-electron chi connectivity index (χ2n) is 17.6. The average molecular weight is 860 g/mol. The second kappa shape index (κ2) is 17.0. The predicted octanol–water partition coefficient (Wildman–Crippen LogP) is 8.50. The number of aryl methyl sites for hydroxylation is 2. The highest BCUT2D eigenvalue weighted by atomic mass is 32.1. The number of likely N-dealkylation sites (tertiary alicyclic amines) is 2. The van der Waals surface area contributed by atoms with Crippen LogP contribution >= 0.6 is 22.7 Å². The van der Waals surface area contributed by atoms with Crippen LogP contribution in [0.2, 0.25) is 0 Å². The first-order valence-corrected chi connectivity index (χ1v) is 23.2. The van der Waals surface area contributed by atoms with Crippen LogP contribution < -0.4 is 5.32 Å². The average Bonchev–Trinajstić information content (AvgIpc) is 4.05. The molecule has 3 N–H and O–H groups in total. The Bertz CT molecular complexity index is 2540. The summed E-state index contributed by atoms with van der Waals surface area (Å²) in [5.74, 6) is 0.217. The normalized spacial score (nSPS) is 22.1. The Balaban J connectivity index is 0.797. The van der Waals surface area contributed by atoms with Crippen molar-refractivity contribution in [3.63, 3.8) is 0 Å². The van der Waals surface area contributed by atoms with E-state index in [1.165, 1.54) is 10.4 Å². The van der Waals surface area contributed by atoms with Crippen molar-refractivity contribution < 1.29 is 24.3 Å². The number of aromatic hydroxyl groups is 1. The molecule has 61 heavy (non-hydrogen) atoms. The Kier molecular flexibility index (Phi) is 11.5. The quantitative estimate of drug-likeness (QED) is 0.115. The highest BCUT2D eigenvalue weighted by Crippen LogP contribution is 2.45. The molecule has 0 spiro atoms. The number of aromatic nitrogens is 4. The predicted molar refractivity (Wildman–Crippen MR) is 238 cm³/mol. The lowest BCUT2D eigenvalue weighted by Gasteiger charge is -2.45. The Labute approximate surface area is 364 Å². The van der Waals surface area contributed by atoms with Crippen LogP contribution in [-0.2, 0) is 9.59 Å². The number of fused-ring (bicyclic) bond motifs is 1. The van der Waals surface area contributed by atoms with Gasteiger partial charge in [0.05, 0.1) is 39.6 Å². The molecular formula is C47H53N7O5S2. The molecule has 9 rings (SSSR count). The molecule has 12 nitrogen and oxygen atoms in total. The maximum atomic E-state index is 14.3. The number of para-hydroxylation sites is 1. The fourth-order valence-electron chi connectivity index (χ4n) is 9.66. The number of phenolic OH excluding ortho intramolecular Hbond substituents is 1. The van der Waals surface area contributed by atoms with Gasteiger partial charge in [0.25, 0.3) is 0 Å². The number of carbonyl (C=O) groups is 2. The molecule has 1 saturated carbocycles. The minimum Gasteiger partial charge on any atom is -0.507 e. The lowest BCUT2D eigenvalue weighted by molar-refractivity contribution is -0.141. The van der Waals surface area contributed by atoms with Gasteiger partial charge in [-0.05, 0) is 106 Å². The van der Waals surface area contributed by atoms with Gasteiger partial charge in [-0.25, -0.2) is 4.98 Å². The first-order chi connectivity index (χ1) is 29.4. The van der Waals surface area contributed by atoms with Crippen molar-refractivity contribution in [1.29, 1.82) is 0 Å². The van der Waals surface area contributed by atoms with E-state index in [1.54, 1.807) is 33.6 Å². The summed E-state index contributed by atoms with van der Waals surface area (Å²) in [7, 11) is 0. The number of phenols is 1. The zero-order valence-electron chi connectivity index (χ0n) is 35.2. The minimum absolute atomic E-state index is 0.0938. The largest absolute Gasteiger partial charge is 0.507 e. The molecule has 0 radical (unpaired) electrons. The van der Waals surface area contributed by atoms with Gasteiger partial charge in [0, 0.05) is 46.8 Å². The van der Waals surface area contributed by atoms with Crippen molar-refractivity contribution in [1.82, 2.24) is 35.5 Å². The number of carbonyl (C=O) groups excluding carboxylic acids is 2. The van der Waals surface area contributed by atoms with Gasteiger partial charge >= 0.3 is 0 Å². The summed E-state index contributed by atoms with van der Waals surface area (Å²) < 4.78 is 5.93. The monoisotopic (exact) mass is 859 g/mol. The van der Waals surface area contributed by atoms with Gasteiger partial charge in [0.1, 0.15) is 28.3 Å². The van der Waals surface area contributed by atoms with E-state index in [0.29, 0.717) is 29.0 Å². The van der Waals surface area contributed by atoms with Crippen LogP contribution in [0.3, 0.4) is 0 Å². The standard InChI is InChI=1S/C47H53N7O5S2/c1-25(2)42(47(58)54-23-34(55)20-39(54)45(57)49-27(4)29-10-12-30(13-11-29)44-28(5)48-24-60-44)41-22-37(52-59-41)32-18-33(19-32)53-16-14-31(15-17-53)43-26(3)36-21-38(50-51-46(36)61-43)35-8-6-7-9-40(35)56/h6-13,21-22,24-25,27,31-34,39,42,55-56H,14-20,23H2,1-5H3,(H,49,57)/t27-,32?,33?,34+,39-,42+/m0/s1. The Hall–Kier alpha value is -5.02. The summed E-state index contributed by atoms with van der Waals surface area (Å²) in [6, 6.07) is 18.8. The molecule has 4 atom stereocenters. The van der Waals surface area contributed by atoms with Crippen LogP contribution in [-0.4, -0.2) is 90.0 Å². The number of benzene rings is 2. The number of nitrogens with one attached hydrogen (secondary N) is 1. The number of amides is 2. The van der Waals surface area contributed by atoms with E-state index >= 15 is 0 Å². The number of β-amino-alcohol motifs (C(OH)–C–C–N with tert-alkyl or cyclic N) is 1. The van der Waals surface area contributed by atoms with Crippen LogP contribution in [0.4, 0.5) is 0 Å². The highest BCUT2D eigenvalue weighted by molar-refractivity contribution is 7.19. The number of thiophene rings is 1. The molecule has 1 aliphatic carbocycles. The fraction of sp³-hybridized carbons (Fsp3) is 0.447. The first-order valence-electron chi connectivity index (χ1n) is 21.5. The Morgan fingerprint density at radius 3 is 2.41 bits per heavy atom. The van der Waals surface area contributed by atoms with Crippen LogP contribution in [0.15, 0.2) is 70.7 Å². The lowest BCUT2D eigenvalue weighted by atomic mass is 9.76. The number of aliphatic hydroxyl groups is 1. The van der Waals surface area contributed by atoms with Gasteiger partial charge in [-0.15, -0.1) is 32.9 Å². The molecule has 2 saturated heterocycles. The molecule has 3 fully saturated rings. The van der Waals surface area contributed by atoms with E-state index in [0.717, 1.165) is 76.4 Å². The summed E-state index contributed by atoms with van der Waals surface area (Å²) in [5, 5.41) is 38.8. The highest BCUT2D eigenvalue weighted by Gasteiger charge is 2.44. The summed E-state index contributed by atoms with van der Waals surface area (Å²) in [5.41, 5.74) is 8.39. The molecule has 14 heteroatoms. The SMILES string of the molecule is Cc1ncsc1-c1ccc([C@H](C)NC(=O)[C@@H]2C[C@@H](O)CN2C(=O)[C@@H](c2cc(C3CC(N4CCC(c5sc6nnc(-c7ccccc7O)cc6c5C)CC4)C3)no2)C(C)C)cc1. The van der Waals surface area contributed by atoms with Crippen molar-refractivity contribution >= 4 is 44.7 Å². The van der Waals surface area contributed by atoms with Gasteiger partial charge in [-0.1, -0.05) is 55.4 Å². The smallest absolute Gasteiger partial charge is 0.243 e. The third-order valence-corrected chi connectivity index (χ3v) is 15.6. The van der Waals surface area contributed by atoms with Crippen molar-refractivity contribution in [3.8, 4) is 27.4 Å². The summed E-state index contributed by atoms with van der Waals surface area (Å²) >= 11 is 3.35. The van der Waals surface area contributed by atoms with E-state index in [2.05, 4.69) is 43.5 Å². The van der Waals surface area contributed by atoms with Crippen molar-refractivity contribution in [2.24, 2.45) is 5.92 Å². The van der Waals surface area contributed by atoms with E-state index < -0.39 is 18.1 Å². The van der Waals surface area contributed by atoms with Gasteiger partial charge in [-0.2, -0.15) is 0 Å². The van der Waals surface area contributed by atoms with Crippen LogP contribution in [0.1, 0.15) is 110 Å². The second-order valence-corrected chi connectivity index (χ2v) is 19.5. The molecule has 2 aliphatic heterocycles. The van der Waals surface area contributed by atoms with E-state index in [-0.39, 0.29) is 48.4 Å². The number of piperidine rings is 1. The third-order valence-electron chi connectivity index (χ3n) is 13.3. The molecule has 4 aromatic heterocycles. The molecule has 3 aliphatic rings. The molecule has 6 heterocycles. The maximum absolute atomic E-state index is 14.3. The fourth-order valence-corrected chi connectivity index (χ4v) is 11.8. The summed E-state index contributed by atoms with van der Waals surface area (Å²) in [4.78, 5) is 40.0. The van der Waals surface area contributed by atoms with E-state index in [9.17, 15) is 19.8 Å². The number of rotatable bonds is 11. The number of nitrogens with zero attached hydrogens (tertiary/aromatic N) is 6. The van der Waals surface area contributed by atoms with Crippen molar-refractivity contribution in [2.45, 2.75) is 109 Å². The molecule has 0 bridgehead atoms. The first kappa shape index (κ1) is 41.3. The molecule has 2 aromatic carbocycles. The Morgan fingerprint density at radius 1 is 0.951 bits per heavy atom. The van der Waals surface area contributed by atoms with Gasteiger partial charge < -0.3 is 29.9 Å². The molecule has 2 amide bonds. The maximum Gasteiger partial charge on any atom is 0.243 e. The van der Waals surface area contributed by atoms with Crippen LogP contribution in [0, 0.1) is 19.8 Å². The number of hydrogen-bond acceptors (Lipinski definition) is 12. The number of thiazole rings is 1. The number of aliphatic hydroxyl groups excluding tert-OH is 1. The summed E-state index contributed by atoms with van der Waals surface area (Å²) in [6.45, 7) is 12.2. The lowest BCUT2D eigenvalue weighted by Crippen LogP contribution is -2.48.